The molecule has 90 valence electrons. The van der Waals surface area contributed by atoms with Crippen LogP contribution in [-0.4, -0.2) is 13.1 Å². The van der Waals surface area contributed by atoms with Crippen LogP contribution in [0, 0.1) is 0 Å². The van der Waals surface area contributed by atoms with E-state index in [-0.39, 0.29) is 0 Å². The van der Waals surface area contributed by atoms with Gasteiger partial charge >= 0.3 is 0 Å². The average molecular weight is 216 g/mol. The first kappa shape index (κ1) is 12.8. The van der Waals surface area contributed by atoms with Gasteiger partial charge in [-0.1, -0.05) is 32.1 Å². The minimum atomic E-state index is 0.988. The Morgan fingerprint density at radius 3 is 1.27 bits per heavy atom. The molecule has 0 aromatic heterocycles. The summed E-state index contributed by atoms with van der Waals surface area (Å²) in [5.74, 6) is 0. The zero-order valence-electron chi connectivity index (χ0n) is 9.36. The summed E-state index contributed by atoms with van der Waals surface area (Å²) in [6, 6.07) is 0. The third-order valence-electron chi connectivity index (χ3n) is 2.47. The van der Waals surface area contributed by atoms with Gasteiger partial charge in [-0.05, 0) is 12.8 Å². The highest BCUT2D eigenvalue weighted by Gasteiger charge is 1.93. The predicted octanol–water partition coefficient (Wildman–Crippen LogP) is -0.157. The first-order chi connectivity index (χ1) is 7.50. The maximum atomic E-state index is 3.06. The molecule has 6 nitrogen and oxygen atoms in total. The summed E-state index contributed by atoms with van der Waals surface area (Å²) in [6.45, 7) is 1.98. The molecule has 0 aromatic carbocycles. The Bertz CT molecular complexity index is 73.2. The standard InChI is InChI=1S/C9H24N6/c1-2-4-6-8-10-12-14-15-13-11-9-7-5-3-1/h10-15H,1-9H2. The van der Waals surface area contributed by atoms with Crippen molar-refractivity contribution in [2.75, 3.05) is 13.1 Å². The minimum absolute atomic E-state index is 0.988. The molecule has 0 spiro atoms. The van der Waals surface area contributed by atoms with Crippen molar-refractivity contribution in [3.8, 4) is 0 Å². The molecule has 0 aliphatic carbocycles. The molecule has 0 bridgehead atoms. The van der Waals surface area contributed by atoms with Crippen molar-refractivity contribution < 1.29 is 0 Å². The summed E-state index contributed by atoms with van der Waals surface area (Å²) in [5.41, 5.74) is 17.3. The molecule has 1 rings (SSSR count). The number of hydrogen-bond donors (Lipinski definition) is 6. The third kappa shape index (κ3) is 8.73. The Hall–Kier alpha value is -0.240. The quantitative estimate of drug-likeness (QED) is 0.338. The van der Waals surface area contributed by atoms with Crippen molar-refractivity contribution in [1.29, 1.82) is 0 Å². The first-order valence-electron chi connectivity index (χ1n) is 5.96. The second-order valence-electron chi connectivity index (χ2n) is 3.83. The van der Waals surface area contributed by atoms with Gasteiger partial charge in [-0.15, -0.1) is 0 Å². The molecule has 0 saturated carbocycles. The summed E-state index contributed by atoms with van der Waals surface area (Å²) in [5, 5.41) is 0. The van der Waals surface area contributed by atoms with E-state index in [0.717, 1.165) is 13.1 Å². The van der Waals surface area contributed by atoms with E-state index in [9.17, 15) is 0 Å². The van der Waals surface area contributed by atoms with Gasteiger partial charge in [0.2, 0.25) is 0 Å². The normalized spacial score (nSPS) is 24.0. The molecule has 15 heavy (non-hydrogen) atoms. The van der Waals surface area contributed by atoms with Gasteiger partial charge in [0, 0.05) is 13.1 Å². The van der Waals surface area contributed by atoms with Gasteiger partial charge in [-0.2, -0.15) is 22.1 Å². The average Bonchev–Trinajstić information content (AvgIpc) is 2.27. The van der Waals surface area contributed by atoms with Crippen molar-refractivity contribution in [3.63, 3.8) is 0 Å². The molecule has 1 heterocycles. The number of nitrogens with one attached hydrogen (secondary N) is 6. The molecule has 1 saturated heterocycles. The van der Waals surface area contributed by atoms with Gasteiger partial charge < -0.3 is 0 Å². The molecule has 0 unspecified atom stereocenters. The van der Waals surface area contributed by atoms with Gasteiger partial charge in [-0.25, -0.2) is 10.9 Å². The fourth-order valence-corrected chi connectivity index (χ4v) is 1.59. The summed E-state index contributed by atoms with van der Waals surface area (Å²) in [6.07, 6.45) is 9.17. The van der Waals surface area contributed by atoms with Crippen LogP contribution in [-0.2, 0) is 0 Å². The van der Waals surface area contributed by atoms with Crippen molar-refractivity contribution in [1.82, 2.24) is 33.0 Å². The Morgan fingerprint density at radius 1 is 0.400 bits per heavy atom. The summed E-state index contributed by atoms with van der Waals surface area (Å²) < 4.78 is 0. The Balaban J connectivity index is 2.01. The minimum Gasteiger partial charge on any atom is -0.243 e. The van der Waals surface area contributed by atoms with E-state index in [1.54, 1.807) is 0 Å². The van der Waals surface area contributed by atoms with Crippen LogP contribution in [0.25, 0.3) is 0 Å². The van der Waals surface area contributed by atoms with E-state index in [1.807, 2.05) is 0 Å². The van der Waals surface area contributed by atoms with E-state index < -0.39 is 0 Å². The summed E-state index contributed by atoms with van der Waals surface area (Å²) in [4.78, 5) is 0. The second-order valence-corrected chi connectivity index (χ2v) is 3.83. The highest BCUT2D eigenvalue weighted by molar-refractivity contribution is 4.49. The second kappa shape index (κ2) is 10.3. The monoisotopic (exact) mass is 216 g/mol. The predicted molar refractivity (Wildman–Crippen MR) is 60.9 cm³/mol. The fourth-order valence-electron chi connectivity index (χ4n) is 1.59. The molecule has 1 aliphatic heterocycles. The van der Waals surface area contributed by atoms with Crippen LogP contribution in [0.15, 0.2) is 0 Å². The fraction of sp³-hybridized carbons (Fsp3) is 1.00. The summed E-state index contributed by atoms with van der Waals surface area (Å²) >= 11 is 0. The molecular formula is C9H24N6. The van der Waals surface area contributed by atoms with Crippen LogP contribution >= 0.6 is 0 Å². The lowest BCUT2D eigenvalue weighted by Gasteiger charge is -2.11. The Morgan fingerprint density at radius 2 is 0.800 bits per heavy atom. The van der Waals surface area contributed by atoms with Crippen LogP contribution in [0.1, 0.15) is 44.9 Å². The van der Waals surface area contributed by atoms with E-state index in [1.165, 1.54) is 44.9 Å². The highest BCUT2D eigenvalue weighted by atomic mass is 15.8. The number of hydrazine groups is 5. The maximum Gasteiger partial charge on any atom is 0.0113 e. The molecule has 0 atom stereocenters. The van der Waals surface area contributed by atoms with E-state index in [4.69, 9.17) is 0 Å². The molecule has 1 fully saturated rings. The van der Waals surface area contributed by atoms with Crippen LogP contribution in [0.3, 0.4) is 0 Å². The molecular weight excluding hydrogens is 192 g/mol. The zero-order valence-corrected chi connectivity index (χ0v) is 9.36. The zero-order chi connectivity index (χ0) is 10.6. The van der Waals surface area contributed by atoms with Gasteiger partial charge in [0.25, 0.3) is 0 Å². The van der Waals surface area contributed by atoms with Crippen molar-refractivity contribution in [2.24, 2.45) is 0 Å². The maximum absolute atomic E-state index is 3.06. The van der Waals surface area contributed by atoms with Gasteiger partial charge in [0.1, 0.15) is 0 Å². The molecule has 1 aliphatic rings. The first-order valence-corrected chi connectivity index (χ1v) is 5.96. The van der Waals surface area contributed by atoms with Gasteiger partial charge in [0.05, 0.1) is 0 Å². The molecule has 0 aromatic rings. The molecule has 6 heteroatoms. The lowest BCUT2D eigenvalue weighted by atomic mass is 10.1. The topological polar surface area (TPSA) is 72.2 Å². The van der Waals surface area contributed by atoms with Crippen molar-refractivity contribution >= 4 is 0 Å². The van der Waals surface area contributed by atoms with Gasteiger partial charge in [-0.3, -0.25) is 0 Å². The largest absolute Gasteiger partial charge is 0.243 e. The van der Waals surface area contributed by atoms with Crippen LogP contribution in [0.2, 0.25) is 0 Å². The molecule has 6 N–H and O–H groups in total. The summed E-state index contributed by atoms with van der Waals surface area (Å²) in [7, 11) is 0. The highest BCUT2D eigenvalue weighted by Crippen LogP contribution is 2.06. The Kier molecular flexibility index (Phi) is 8.79. The van der Waals surface area contributed by atoms with Gasteiger partial charge in [0.15, 0.2) is 0 Å². The van der Waals surface area contributed by atoms with E-state index in [0.29, 0.717) is 0 Å². The smallest absolute Gasteiger partial charge is 0.0113 e. The lowest BCUT2D eigenvalue weighted by molar-refractivity contribution is 0.293. The SMILES string of the molecule is C1CCCCNNNNNNCCCC1. The third-order valence-corrected chi connectivity index (χ3v) is 2.47. The van der Waals surface area contributed by atoms with Crippen molar-refractivity contribution in [3.05, 3.63) is 0 Å². The lowest BCUT2D eigenvalue weighted by Crippen LogP contribution is -2.58. The van der Waals surface area contributed by atoms with Crippen LogP contribution in [0.4, 0.5) is 0 Å². The molecule has 0 radical (unpaired) electrons. The van der Waals surface area contributed by atoms with E-state index >= 15 is 0 Å². The van der Waals surface area contributed by atoms with Crippen LogP contribution < -0.4 is 33.0 Å². The van der Waals surface area contributed by atoms with Crippen molar-refractivity contribution in [2.45, 2.75) is 44.9 Å². The number of rotatable bonds is 0. The number of hydrogen-bond acceptors (Lipinski definition) is 6. The molecule has 0 amide bonds. The van der Waals surface area contributed by atoms with Crippen LogP contribution in [0.5, 0.6) is 0 Å². The van der Waals surface area contributed by atoms with E-state index in [2.05, 4.69) is 33.0 Å². The Labute approximate surface area is 91.8 Å².